The lowest BCUT2D eigenvalue weighted by molar-refractivity contribution is 0.362. The normalized spacial score (nSPS) is 33.8. The highest BCUT2D eigenvalue weighted by molar-refractivity contribution is 6.64. The molecule has 0 spiro atoms. The van der Waals surface area contributed by atoms with Gasteiger partial charge in [-0.05, 0) is 5.92 Å². The molecule has 0 nitrogen and oxygen atoms in total. The van der Waals surface area contributed by atoms with Crippen molar-refractivity contribution in [2.45, 2.75) is 99.3 Å². The largest absolute Gasteiger partial charge is 0.273 e. The molecule has 1 heteroatoms. The van der Waals surface area contributed by atoms with Crippen LogP contribution in [-0.4, -0.2) is 14.1 Å². The predicted molar refractivity (Wildman–Crippen MR) is 83.7 cm³/mol. The summed E-state index contributed by atoms with van der Waals surface area (Å²) in [5.74, 6) is 1.10. The molecule has 0 aliphatic heterocycles. The van der Waals surface area contributed by atoms with E-state index in [-0.39, 0.29) is 0 Å². The van der Waals surface area contributed by atoms with Crippen LogP contribution in [0.4, 0.5) is 0 Å². The molecule has 2 fully saturated rings. The fourth-order valence-corrected chi connectivity index (χ4v) is 11.5. The molecule has 0 saturated heterocycles. The zero-order chi connectivity index (χ0) is 13.0. The summed E-state index contributed by atoms with van der Waals surface area (Å²) in [4.78, 5) is 0. The van der Waals surface area contributed by atoms with Crippen molar-refractivity contribution >= 4 is 14.1 Å². The van der Waals surface area contributed by atoms with Crippen LogP contribution < -0.4 is 0 Å². The molecule has 0 heterocycles. The molecular weight excluding hydrogens is 231 g/mol. The van der Waals surface area contributed by atoms with E-state index in [9.17, 15) is 0 Å². The van der Waals surface area contributed by atoms with Crippen molar-refractivity contribution in [2.24, 2.45) is 5.92 Å². The summed E-state index contributed by atoms with van der Waals surface area (Å²) in [6, 6.07) is 0. The summed E-state index contributed by atoms with van der Waals surface area (Å²) in [6.45, 7) is 7.52. The van der Waals surface area contributed by atoms with Crippen LogP contribution in [0.25, 0.3) is 0 Å². The van der Waals surface area contributed by atoms with Crippen LogP contribution >= 0.6 is 0 Å². The van der Waals surface area contributed by atoms with E-state index in [2.05, 4.69) is 20.8 Å². The van der Waals surface area contributed by atoms with Gasteiger partial charge in [0, 0.05) is 0 Å². The minimum absolute atomic E-state index is 0.558. The SMILES string of the molecule is CCC1CCC[C]1(CC)[Al]([CH2]C)[CH]1CCCCC1. The molecule has 0 aromatic carbocycles. The van der Waals surface area contributed by atoms with Crippen LogP contribution in [0.1, 0.15) is 85.0 Å². The van der Waals surface area contributed by atoms with Crippen LogP contribution in [0.2, 0.25) is 14.3 Å². The van der Waals surface area contributed by atoms with Gasteiger partial charge in [-0.15, -0.1) is 0 Å². The van der Waals surface area contributed by atoms with Gasteiger partial charge in [-0.2, -0.15) is 0 Å². The average molecular weight is 264 g/mol. The average Bonchev–Trinajstić information content (AvgIpc) is 2.85. The quantitative estimate of drug-likeness (QED) is 0.519. The second-order valence-corrected chi connectivity index (χ2v) is 11.1. The first-order valence-corrected chi connectivity index (χ1v) is 10.8. The van der Waals surface area contributed by atoms with Crippen LogP contribution in [-0.2, 0) is 0 Å². The summed E-state index contributed by atoms with van der Waals surface area (Å²) in [5, 5.41) is 1.58. The first kappa shape index (κ1) is 14.9. The van der Waals surface area contributed by atoms with Gasteiger partial charge < -0.3 is 0 Å². The minimum Gasteiger partial charge on any atom is -0.0962 e. The van der Waals surface area contributed by atoms with Crippen molar-refractivity contribution in [1.29, 1.82) is 0 Å². The second-order valence-electron chi connectivity index (χ2n) is 7.00. The molecule has 2 unspecified atom stereocenters. The Hall–Kier alpha value is 0.532. The Balaban J connectivity index is 2.16. The summed E-state index contributed by atoms with van der Waals surface area (Å²) < 4.78 is 2.07. The molecule has 0 aromatic heterocycles. The van der Waals surface area contributed by atoms with Gasteiger partial charge in [0.25, 0.3) is 14.1 Å². The molecule has 0 N–H and O–H groups in total. The summed E-state index contributed by atoms with van der Waals surface area (Å²) >= 11 is -0.558. The van der Waals surface area contributed by atoms with Crippen LogP contribution in [0.15, 0.2) is 0 Å². The van der Waals surface area contributed by atoms with Gasteiger partial charge in [0.1, 0.15) is 0 Å². The molecule has 0 amide bonds. The Morgan fingerprint density at radius 1 is 0.944 bits per heavy atom. The third kappa shape index (κ3) is 2.69. The van der Waals surface area contributed by atoms with Crippen molar-refractivity contribution in [3.05, 3.63) is 0 Å². The van der Waals surface area contributed by atoms with Gasteiger partial charge in [-0.3, -0.25) is 0 Å². The highest BCUT2D eigenvalue weighted by Crippen LogP contribution is 2.60. The number of hydrogen-bond acceptors (Lipinski definition) is 0. The highest BCUT2D eigenvalue weighted by atomic mass is 27.2. The molecule has 0 bridgehead atoms. The monoisotopic (exact) mass is 264 g/mol. The Labute approximate surface area is 119 Å². The van der Waals surface area contributed by atoms with E-state index >= 15 is 0 Å². The molecule has 2 aliphatic rings. The fraction of sp³-hybridized carbons (Fsp3) is 1.00. The Morgan fingerprint density at radius 3 is 2.22 bits per heavy atom. The summed E-state index contributed by atoms with van der Waals surface area (Å²) in [7, 11) is 0. The van der Waals surface area contributed by atoms with Crippen molar-refractivity contribution in [3.63, 3.8) is 0 Å². The summed E-state index contributed by atoms with van der Waals surface area (Å²) in [6.07, 6.45) is 15.5. The van der Waals surface area contributed by atoms with Gasteiger partial charge in [-0.25, -0.2) is 0 Å². The Kier molecular flexibility index (Phi) is 5.65. The van der Waals surface area contributed by atoms with E-state index < -0.39 is 14.1 Å². The maximum atomic E-state index is 2.54. The predicted octanol–water partition coefficient (Wildman–Crippen LogP) is 6.20. The van der Waals surface area contributed by atoms with E-state index in [1.165, 1.54) is 24.0 Å². The van der Waals surface area contributed by atoms with Crippen molar-refractivity contribution in [2.75, 3.05) is 0 Å². The molecule has 0 aromatic rings. The molecule has 2 rings (SSSR count). The van der Waals surface area contributed by atoms with Crippen molar-refractivity contribution in [1.82, 2.24) is 0 Å². The third-order valence-electron chi connectivity index (χ3n) is 6.56. The highest BCUT2D eigenvalue weighted by Gasteiger charge is 2.50. The molecule has 2 atom stereocenters. The van der Waals surface area contributed by atoms with E-state index in [0.717, 1.165) is 10.2 Å². The molecule has 104 valence electrons. The molecule has 18 heavy (non-hydrogen) atoms. The number of hydrogen-bond donors (Lipinski definition) is 0. The van der Waals surface area contributed by atoms with E-state index in [4.69, 9.17) is 0 Å². The Bertz CT molecular complexity index is 244. The Morgan fingerprint density at radius 2 is 1.67 bits per heavy atom. The van der Waals surface area contributed by atoms with Crippen molar-refractivity contribution < 1.29 is 0 Å². The molecule has 2 saturated carbocycles. The minimum atomic E-state index is -0.558. The third-order valence-corrected chi connectivity index (χ3v) is 11.9. The maximum Gasteiger partial charge on any atom is 0.273 e. The standard InChI is InChI=1S/C9H17.C6H11.C2H5.Al/c1-3-8-6-5-7-9(8)4-2;1-2-4-6-5-3-1;1-2;/h8H,3-7H2,1-2H3;1H,2-6H2;1H2,2H3;. The lowest BCUT2D eigenvalue weighted by Crippen LogP contribution is -2.39. The van der Waals surface area contributed by atoms with Crippen molar-refractivity contribution in [3.8, 4) is 0 Å². The zero-order valence-electron chi connectivity index (χ0n) is 13.0. The van der Waals surface area contributed by atoms with Gasteiger partial charge in [0.15, 0.2) is 0 Å². The second kappa shape index (κ2) is 6.81. The van der Waals surface area contributed by atoms with Gasteiger partial charge >= 0.3 is 0 Å². The van der Waals surface area contributed by atoms with Crippen LogP contribution in [0, 0.1) is 5.92 Å². The maximum absolute atomic E-state index is 2.54. The van der Waals surface area contributed by atoms with Gasteiger partial charge in [-0.1, -0.05) is 99.3 Å². The molecule has 2 aliphatic carbocycles. The van der Waals surface area contributed by atoms with E-state index in [1.807, 2.05) is 0 Å². The number of rotatable bonds is 5. The smallest absolute Gasteiger partial charge is 0.0962 e. The van der Waals surface area contributed by atoms with Crippen LogP contribution in [0.5, 0.6) is 0 Å². The first-order valence-electron chi connectivity index (χ1n) is 8.78. The van der Waals surface area contributed by atoms with Gasteiger partial charge in [0.2, 0.25) is 0 Å². The molecule has 0 radical (unpaired) electrons. The lowest BCUT2D eigenvalue weighted by Gasteiger charge is -2.44. The fourth-order valence-electron chi connectivity index (χ4n) is 5.74. The summed E-state index contributed by atoms with van der Waals surface area (Å²) in [5.41, 5.74) is 0. The topological polar surface area (TPSA) is 0 Å². The lowest BCUT2D eigenvalue weighted by atomic mass is 9.90. The van der Waals surface area contributed by atoms with E-state index in [1.54, 1.807) is 50.2 Å². The van der Waals surface area contributed by atoms with Gasteiger partial charge in [0.05, 0.1) is 0 Å². The molecular formula is C17H33Al. The van der Waals surface area contributed by atoms with Crippen LogP contribution in [0.3, 0.4) is 0 Å². The van der Waals surface area contributed by atoms with E-state index in [0.29, 0.717) is 0 Å². The first-order chi connectivity index (χ1) is 8.78. The zero-order valence-corrected chi connectivity index (χ0v) is 14.2.